The van der Waals surface area contributed by atoms with Crippen LogP contribution in [0.4, 0.5) is 17.3 Å². The molecule has 1 heterocycles. The summed E-state index contributed by atoms with van der Waals surface area (Å²) in [5, 5.41) is 17.2. The molecule has 0 aromatic carbocycles. The summed E-state index contributed by atoms with van der Waals surface area (Å²) in [6.07, 6.45) is 1.69. The predicted octanol–water partition coefficient (Wildman–Crippen LogP) is 2.43. The topological polar surface area (TPSA) is 102 Å². The predicted molar refractivity (Wildman–Crippen MR) is 77.4 cm³/mol. The minimum absolute atomic E-state index is 0.0972. The Bertz CT molecular complexity index is 463. The molecule has 0 bridgehead atoms. The number of nitrogens with one attached hydrogen (secondary N) is 2. The lowest BCUT2D eigenvalue weighted by atomic mass is 10.2. The maximum atomic E-state index is 11.3. The van der Waals surface area contributed by atoms with E-state index in [9.17, 15) is 10.1 Å². The molecule has 0 amide bonds. The molecule has 1 aromatic rings. The van der Waals surface area contributed by atoms with Crippen LogP contribution in [0.25, 0.3) is 0 Å². The van der Waals surface area contributed by atoms with Crippen molar-refractivity contribution in [2.24, 2.45) is 0 Å². The lowest BCUT2D eigenvalue weighted by Gasteiger charge is -2.16. The zero-order valence-corrected chi connectivity index (χ0v) is 12.3. The van der Waals surface area contributed by atoms with Crippen molar-refractivity contribution in [2.45, 2.75) is 39.7 Å². The van der Waals surface area contributed by atoms with Gasteiger partial charge < -0.3 is 15.4 Å². The van der Waals surface area contributed by atoms with Crippen LogP contribution in [-0.2, 0) is 0 Å². The van der Waals surface area contributed by atoms with Crippen LogP contribution >= 0.6 is 0 Å². The number of ether oxygens (including phenoxy) is 1. The Morgan fingerprint density at radius 2 is 1.85 bits per heavy atom. The van der Waals surface area contributed by atoms with E-state index in [1.807, 2.05) is 20.8 Å². The summed E-state index contributed by atoms with van der Waals surface area (Å²) in [6, 6.07) is 0.211. The van der Waals surface area contributed by atoms with Crippen LogP contribution in [0.15, 0.2) is 0 Å². The van der Waals surface area contributed by atoms with Gasteiger partial charge in [0.1, 0.15) is 0 Å². The highest BCUT2D eigenvalue weighted by molar-refractivity contribution is 5.70. The summed E-state index contributed by atoms with van der Waals surface area (Å²) >= 11 is 0. The summed E-state index contributed by atoms with van der Waals surface area (Å²) in [5.41, 5.74) is -0.153. The summed E-state index contributed by atoms with van der Waals surface area (Å²) in [6.45, 7) is 6.38. The monoisotopic (exact) mass is 283 g/mol. The van der Waals surface area contributed by atoms with Gasteiger partial charge in [-0.1, -0.05) is 13.8 Å². The van der Waals surface area contributed by atoms with Gasteiger partial charge in [0.2, 0.25) is 11.6 Å². The number of rotatable bonds is 8. The van der Waals surface area contributed by atoms with Gasteiger partial charge >= 0.3 is 11.7 Å². The first-order valence-electron chi connectivity index (χ1n) is 6.68. The molecular formula is C12H21N5O3. The average Bonchev–Trinajstić information content (AvgIpc) is 2.44. The third-order valence-corrected chi connectivity index (χ3v) is 2.90. The normalized spacial score (nSPS) is 10.4. The Morgan fingerprint density at radius 3 is 2.30 bits per heavy atom. The van der Waals surface area contributed by atoms with Gasteiger partial charge in [-0.2, -0.15) is 9.97 Å². The number of anilines is 2. The van der Waals surface area contributed by atoms with Gasteiger partial charge in [0.25, 0.3) is 0 Å². The molecule has 112 valence electrons. The van der Waals surface area contributed by atoms with Crippen molar-refractivity contribution in [2.75, 3.05) is 24.3 Å². The van der Waals surface area contributed by atoms with Crippen LogP contribution in [0.2, 0.25) is 0 Å². The van der Waals surface area contributed by atoms with Gasteiger partial charge in [-0.05, 0) is 19.8 Å². The van der Waals surface area contributed by atoms with Crippen LogP contribution in [0, 0.1) is 10.1 Å². The van der Waals surface area contributed by atoms with E-state index >= 15 is 0 Å². The Morgan fingerprint density at radius 1 is 1.25 bits per heavy atom. The third-order valence-electron chi connectivity index (χ3n) is 2.90. The maximum Gasteiger partial charge on any atom is 0.353 e. The second-order valence-corrected chi connectivity index (χ2v) is 4.20. The van der Waals surface area contributed by atoms with E-state index in [-0.39, 0.29) is 29.4 Å². The van der Waals surface area contributed by atoms with Crippen LogP contribution in [0.5, 0.6) is 6.01 Å². The van der Waals surface area contributed by atoms with Crippen LogP contribution in [0.1, 0.15) is 33.6 Å². The quantitative estimate of drug-likeness (QED) is 0.558. The van der Waals surface area contributed by atoms with Crippen molar-refractivity contribution in [3.05, 3.63) is 10.1 Å². The molecule has 0 fully saturated rings. The molecule has 0 saturated carbocycles. The molecule has 8 nitrogen and oxygen atoms in total. The van der Waals surface area contributed by atoms with Crippen molar-refractivity contribution in [1.82, 2.24) is 9.97 Å². The van der Waals surface area contributed by atoms with Crippen LogP contribution < -0.4 is 15.4 Å². The highest BCUT2D eigenvalue weighted by atomic mass is 16.6. The Balaban J connectivity index is 3.29. The molecule has 20 heavy (non-hydrogen) atoms. The van der Waals surface area contributed by atoms with E-state index in [4.69, 9.17) is 4.74 Å². The molecule has 8 heteroatoms. The number of nitro groups is 1. The lowest BCUT2D eigenvalue weighted by Crippen LogP contribution is -2.20. The maximum absolute atomic E-state index is 11.3. The minimum Gasteiger partial charge on any atom is -0.467 e. The van der Waals surface area contributed by atoms with E-state index < -0.39 is 4.92 Å². The molecule has 0 radical (unpaired) electrons. The fourth-order valence-corrected chi connectivity index (χ4v) is 1.78. The van der Waals surface area contributed by atoms with Crippen LogP contribution in [-0.4, -0.2) is 34.6 Å². The first-order chi connectivity index (χ1) is 9.57. The summed E-state index contributed by atoms with van der Waals surface area (Å²) in [4.78, 5) is 18.9. The van der Waals surface area contributed by atoms with Crippen molar-refractivity contribution >= 4 is 17.3 Å². The number of nitrogens with zero attached hydrogens (tertiary/aromatic N) is 3. The highest BCUT2D eigenvalue weighted by Gasteiger charge is 2.26. The molecule has 0 aliphatic carbocycles. The van der Waals surface area contributed by atoms with E-state index in [1.54, 1.807) is 0 Å². The van der Waals surface area contributed by atoms with Gasteiger partial charge in [0.05, 0.1) is 12.0 Å². The molecule has 1 aromatic heterocycles. The van der Waals surface area contributed by atoms with E-state index in [0.717, 1.165) is 12.8 Å². The second-order valence-electron chi connectivity index (χ2n) is 4.20. The summed E-state index contributed by atoms with van der Waals surface area (Å²) in [7, 11) is 1.43. The standard InChI is InChI=1S/C12H21N5O3/c1-5-8(6-2)14-11-9(17(18)19)10(13-7-3)15-12(16-11)20-4/h8H,5-7H2,1-4H3,(H2,13,14,15,16). The van der Waals surface area contributed by atoms with Crippen LogP contribution in [0.3, 0.4) is 0 Å². The van der Waals surface area contributed by atoms with E-state index in [1.165, 1.54) is 7.11 Å². The molecule has 0 saturated heterocycles. The van der Waals surface area contributed by atoms with Gasteiger partial charge in [0.15, 0.2) is 0 Å². The largest absolute Gasteiger partial charge is 0.467 e. The zero-order chi connectivity index (χ0) is 15.1. The molecule has 0 atom stereocenters. The Hall–Kier alpha value is -2.12. The second kappa shape index (κ2) is 7.46. The van der Waals surface area contributed by atoms with Crippen molar-refractivity contribution in [1.29, 1.82) is 0 Å². The number of aromatic nitrogens is 2. The summed E-state index contributed by atoms with van der Waals surface area (Å²) in [5.74, 6) is 0.351. The van der Waals surface area contributed by atoms with Crippen molar-refractivity contribution in [3.8, 4) is 6.01 Å². The molecule has 1 rings (SSSR count). The molecule has 0 aliphatic rings. The molecule has 0 spiro atoms. The SMILES string of the molecule is CCNc1nc(OC)nc(NC(CC)CC)c1[N+](=O)[O-]. The van der Waals surface area contributed by atoms with Gasteiger partial charge in [-0.3, -0.25) is 10.1 Å². The Labute approximate surface area is 118 Å². The number of hydrogen-bond donors (Lipinski definition) is 2. The fraction of sp³-hybridized carbons (Fsp3) is 0.667. The van der Waals surface area contributed by atoms with Gasteiger partial charge in [-0.15, -0.1) is 0 Å². The fourth-order valence-electron chi connectivity index (χ4n) is 1.78. The first kappa shape index (κ1) is 15.9. The lowest BCUT2D eigenvalue weighted by molar-refractivity contribution is -0.383. The minimum atomic E-state index is -0.484. The average molecular weight is 283 g/mol. The van der Waals surface area contributed by atoms with Gasteiger partial charge in [0, 0.05) is 12.6 Å². The van der Waals surface area contributed by atoms with Crippen molar-refractivity contribution in [3.63, 3.8) is 0 Å². The highest BCUT2D eigenvalue weighted by Crippen LogP contribution is 2.32. The molecule has 0 aliphatic heterocycles. The van der Waals surface area contributed by atoms with Gasteiger partial charge in [-0.25, -0.2) is 0 Å². The zero-order valence-electron chi connectivity index (χ0n) is 12.3. The first-order valence-corrected chi connectivity index (χ1v) is 6.68. The summed E-state index contributed by atoms with van der Waals surface area (Å²) < 4.78 is 5.00. The third kappa shape index (κ3) is 3.69. The molecular weight excluding hydrogens is 262 g/mol. The smallest absolute Gasteiger partial charge is 0.353 e. The molecule has 0 unspecified atom stereocenters. The Kier molecular flexibility index (Phi) is 5.95. The van der Waals surface area contributed by atoms with E-state index in [2.05, 4.69) is 20.6 Å². The number of methoxy groups -OCH3 is 1. The van der Waals surface area contributed by atoms with Crippen molar-refractivity contribution < 1.29 is 9.66 Å². The van der Waals surface area contributed by atoms with E-state index in [0.29, 0.717) is 6.54 Å². The number of hydrogen-bond acceptors (Lipinski definition) is 7. The molecule has 2 N–H and O–H groups in total.